The molecule has 2 aromatic carbocycles. The van der Waals surface area contributed by atoms with Crippen LogP contribution in [0.15, 0.2) is 53.0 Å². The summed E-state index contributed by atoms with van der Waals surface area (Å²) in [5.41, 5.74) is 1.13. The van der Waals surface area contributed by atoms with Crippen molar-refractivity contribution in [2.75, 3.05) is 11.9 Å². The van der Waals surface area contributed by atoms with E-state index in [0.29, 0.717) is 17.0 Å². The van der Waals surface area contributed by atoms with Crippen LogP contribution >= 0.6 is 15.9 Å². The molecule has 0 atom stereocenters. The van der Waals surface area contributed by atoms with E-state index < -0.39 is 0 Å². The third-order valence-corrected chi connectivity index (χ3v) is 4.54. The lowest BCUT2D eigenvalue weighted by atomic mass is 9.96. The minimum absolute atomic E-state index is 0.105. The number of hydrogen-bond acceptors (Lipinski definition) is 3. The zero-order valence-corrected chi connectivity index (χ0v) is 15.2. The van der Waals surface area contributed by atoms with Gasteiger partial charge < -0.3 is 15.4 Å². The van der Waals surface area contributed by atoms with Crippen LogP contribution in [0, 0.1) is 0 Å². The van der Waals surface area contributed by atoms with Gasteiger partial charge in [-0.05, 0) is 55.7 Å². The summed E-state index contributed by atoms with van der Waals surface area (Å²) in [6.45, 7) is -0.105. The van der Waals surface area contributed by atoms with Crippen molar-refractivity contribution < 1.29 is 14.3 Å². The van der Waals surface area contributed by atoms with Crippen LogP contribution in [0.3, 0.4) is 0 Å². The molecule has 0 unspecified atom stereocenters. The lowest BCUT2D eigenvalue weighted by Crippen LogP contribution is -2.33. The first-order chi connectivity index (χ1) is 12.1. The maximum absolute atomic E-state index is 12.4. The average Bonchev–Trinajstić information content (AvgIpc) is 2.58. The molecule has 0 aromatic heterocycles. The normalized spacial score (nSPS) is 13.6. The fraction of sp³-hybridized carbons (Fsp3) is 0.263. The summed E-state index contributed by atoms with van der Waals surface area (Å²) in [6, 6.07) is 14.3. The lowest BCUT2D eigenvalue weighted by molar-refractivity contribution is -0.115. The van der Waals surface area contributed by atoms with Crippen molar-refractivity contribution in [3.8, 4) is 5.75 Å². The van der Waals surface area contributed by atoms with Crippen LogP contribution in [0.4, 0.5) is 5.69 Å². The summed E-state index contributed by atoms with van der Waals surface area (Å²) in [5.74, 6) is -0.0352. The van der Waals surface area contributed by atoms with E-state index in [2.05, 4.69) is 26.6 Å². The summed E-state index contributed by atoms with van der Waals surface area (Å²) in [7, 11) is 0. The molecule has 0 aliphatic heterocycles. The predicted octanol–water partition coefficient (Wildman–Crippen LogP) is 3.75. The molecule has 0 bridgehead atoms. The van der Waals surface area contributed by atoms with Crippen molar-refractivity contribution in [2.24, 2.45) is 0 Å². The molecule has 1 saturated carbocycles. The molecular weight excluding hydrogens is 384 g/mol. The van der Waals surface area contributed by atoms with E-state index in [1.54, 1.807) is 30.3 Å². The van der Waals surface area contributed by atoms with Crippen molar-refractivity contribution >= 4 is 33.4 Å². The number of para-hydroxylation sites is 1. The zero-order valence-electron chi connectivity index (χ0n) is 13.6. The molecule has 0 spiro atoms. The van der Waals surface area contributed by atoms with Crippen LogP contribution in [-0.4, -0.2) is 24.5 Å². The van der Waals surface area contributed by atoms with E-state index in [9.17, 15) is 9.59 Å². The van der Waals surface area contributed by atoms with E-state index >= 15 is 0 Å². The highest BCUT2D eigenvalue weighted by Gasteiger charge is 2.22. The second-order valence-corrected chi connectivity index (χ2v) is 6.82. The van der Waals surface area contributed by atoms with Crippen molar-refractivity contribution in [1.82, 2.24) is 5.32 Å². The van der Waals surface area contributed by atoms with Crippen LogP contribution in [0.2, 0.25) is 0 Å². The van der Waals surface area contributed by atoms with Gasteiger partial charge in [-0.15, -0.1) is 0 Å². The van der Waals surface area contributed by atoms with Gasteiger partial charge >= 0.3 is 0 Å². The second-order valence-electron chi connectivity index (χ2n) is 5.90. The SMILES string of the molecule is O=C(CNC(=O)c1ccccc1OC1CCC1)Nc1ccc(Br)cc1. The molecule has 0 radical (unpaired) electrons. The van der Waals surface area contributed by atoms with Gasteiger partial charge in [0.2, 0.25) is 5.91 Å². The molecule has 0 saturated heterocycles. The molecule has 2 amide bonds. The monoisotopic (exact) mass is 402 g/mol. The van der Waals surface area contributed by atoms with E-state index in [0.717, 1.165) is 23.7 Å². The quantitative estimate of drug-likeness (QED) is 0.772. The molecule has 6 heteroatoms. The van der Waals surface area contributed by atoms with Gasteiger partial charge in [0.15, 0.2) is 0 Å². The van der Waals surface area contributed by atoms with E-state index in [-0.39, 0.29) is 24.5 Å². The summed E-state index contributed by atoms with van der Waals surface area (Å²) < 4.78 is 6.78. The number of ether oxygens (including phenoxy) is 1. The fourth-order valence-electron chi connectivity index (χ4n) is 2.42. The molecular formula is C19H19BrN2O3. The smallest absolute Gasteiger partial charge is 0.255 e. The number of nitrogens with one attached hydrogen (secondary N) is 2. The topological polar surface area (TPSA) is 67.4 Å². The third-order valence-electron chi connectivity index (χ3n) is 4.02. The lowest BCUT2D eigenvalue weighted by Gasteiger charge is -2.27. The Balaban J connectivity index is 1.55. The maximum atomic E-state index is 12.4. The zero-order chi connectivity index (χ0) is 17.6. The molecule has 5 nitrogen and oxygen atoms in total. The highest BCUT2D eigenvalue weighted by molar-refractivity contribution is 9.10. The van der Waals surface area contributed by atoms with E-state index in [1.165, 1.54) is 0 Å². The van der Waals surface area contributed by atoms with Gasteiger partial charge in [0.1, 0.15) is 5.75 Å². The summed E-state index contributed by atoms with van der Waals surface area (Å²) in [6.07, 6.45) is 3.39. The van der Waals surface area contributed by atoms with Gasteiger partial charge in [0.25, 0.3) is 5.91 Å². The minimum atomic E-state index is -0.319. The molecule has 0 heterocycles. The third kappa shape index (κ3) is 4.82. The number of rotatable bonds is 6. The van der Waals surface area contributed by atoms with Crippen LogP contribution in [-0.2, 0) is 4.79 Å². The van der Waals surface area contributed by atoms with Gasteiger partial charge in [0.05, 0.1) is 18.2 Å². The first-order valence-corrected chi connectivity index (χ1v) is 9.00. The van der Waals surface area contributed by atoms with Gasteiger partial charge in [-0.3, -0.25) is 9.59 Å². The van der Waals surface area contributed by atoms with Crippen LogP contribution in [0.1, 0.15) is 29.6 Å². The Labute approximate surface area is 154 Å². The van der Waals surface area contributed by atoms with Gasteiger partial charge in [0, 0.05) is 10.2 Å². The van der Waals surface area contributed by atoms with Crippen molar-refractivity contribution in [3.05, 3.63) is 58.6 Å². The van der Waals surface area contributed by atoms with E-state index in [4.69, 9.17) is 4.74 Å². The standard InChI is InChI=1S/C19H19BrN2O3/c20-13-8-10-14(11-9-13)22-18(23)12-21-19(24)16-6-1-2-7-17(16)25-15-4-3-5-15/h1-2,6-11,15H,3-5,12H2,(H,21,24)(H,22,23). The number of amides is 2. The first kappa shape index (κ1) is 17.5. The Morgan fingerprint density at radius 2 is 1.80 bits per heavy atom. The largest absolute Gasteiger partial charge is 0.490 e. The highest BCUT2D eigenvalue weighted by Crippen LogP contribution is 2.27. The summed E-state index contributed by atoms with van der Waals surface area (Å²) >= 11 is 3.34. The van der Waals surface area contributed by atoms with Crippen molar-refractivity contribution in [3.63, 3.8) is 0 Å². The molecule has 3 rings (SSSR count). The average molecular weight is 403 g/mol. The molecule has 1 aliphatic carbocycles. The number of anilines is 1. The summed E-state index contributed by atoms with van der Waals surface area (Å²) in [5, 5.41) is 5.38. The maximum Gasteiger partial charge on any atom is 0.255 e. The van der Waals surface area contributed by atoms with Gasteiger partial charge in [-0.25, -0.2) is 0 Å². The Morgan fingerprint density at radius 1 is 1.08 bits per heavy atom. The highest BCUT2D eigenvalue weighted by atomic mass is 79.9. The van der Waals surface area contributed by atoms with Crippen LogP contribution in [0.25, 0.3) is 0 Å². The number of carbonyl (C=O) groups excluding carboxylic acids is 2. The summed E-state index contributed by atoms with van der Waals surface area (Å²) in [4.78, 5) is 24.4. The van der Waals surface area contributed by atoms with Crippen molar-refractivity contribution in [2.45, 2.75) is 25.4 Å². The molecule has 130 valence electrons. The predicted molar refractivity (Wildman–Crippen MR) is 99.8 cm³/mol. The minimum Gasteiger partial charge on any atom is -0.490 e. The number of carbonyl (C=O) groups is 2. The van der Waals surface area contributed by atoms with Crippen LogP contribution < -0.4 is 15.4 Å². The van der Waals surface area contributed by atoms with Gasteiger partial charge in [-0.2, -0.15) is 0 Å². The fourth-order valence-corrected chi connectivity index (χ4v) is 2.68. The first-order valence-electron chi connectivity index (χ1n) is 8.21. The van der Waals surface area contributed by atoms with Crippen molar-refractivity contribution in [1.29, 1.82) is 0 Å². The number of benzene rings is 2. The molecule has 25 heavy (non-hydrogen) atoms. The Hall–Kier alpha value is -2.34. The Kier molecular flexibility index (Phi) is 5.71. The second kappa shape index (κ2) is 8.16. The van der Waals surface area contributed by atoms with E-state index in [1.807, 2.05) is 18.2 Å². The van der Waals surface area contributed by atoms with Crippen LogP contribution in [0.5, 0.6) is 5.75 Å². The van der Waals surface area contributed by atoms with Gasteiger partial charge in [-0.1, -0.05) is 28.1 Å². The molecule has 1 fully saturated rings. The molecule has 1 aliphatic rings. The Morgan fingerprint density at radius 3 is 2.48 bits per heavy atom. The Bertz CT molecular complexity index is 758. The number of halogens is 1. The molecule has 2 aromatic rings. The number of hydrogen-bond donors (Lipinski definition) is 2. The molecule has 2 N–H and O–H groups in total.